The SMILES string of the molecule is O=C(CSc1ccc([N+](=O)[O-])cc1)NCCCO. The Morgan fingerprint density at radius 2 is 2.06 bits per heavy atom. The number of rotatable bonds is 7. The summed E-state index contributed by atoms with van der Waals surface area (Å²) < 4.78 is 0. The fraction of sp³-hybridized carbons (Fsp3) is 0.364. The molecule has 0 spiro atoms. The first-order valence-electron chi connectivity index (χ1n) is 5.38. The highest BCUT2D eigenvalue weighted by Gasteiger charge is 2.06. The quantitative estimate of drug-likeness (QED) is 0.336. The minimum absolute atomic E-state index is 0.0340. The Bertz CT molecular complexity index is 408. The molecule has 1 aromatic rings. The second-order valence-corrected chi connectivity index (χ2v) is 4.52. The second-order valence-electron chi connectivity index (χ2n) is 3.47. The monoisotopic (exact) mass is 270 g/mol. The van der Waals surface area contributed by atoms with Crippen molar-refractivity contribution >= 4 is 23.4 Å². The maximum Gasteiger partial charge on any atom is 0.269 e. The Labute approximate surface area is 109 Å². The second kappa shape index (κ2) is 7.67. The molecule has 0 unspecified atom stereocenters. The molecule has 0 radical (unpaired) electrons. The number of benzene rings is 1. The minimum Gasteiger partial charge on any atom is -0.396 e. The van der Waals surface area contributed by atoms with Gasteiger partial charge in [-0.15, -0.1) is 11.8 Å². The van der Waals surface area contributed by atoms with Crippen LogP contribution in [-0.4, -0.2) is 34.8 Å². The van der Waals surface area contributed by atoms with Crippen LogP contribution in [0, 0.1) is 10.1 Å². The molecule has 0 aliphatic carbocycles. The number of hydrogen-bond acceptors (Lipinski definition) is 5. The molecule has 0 fully saturated rings. The lowest BCUT2D eigenvalue weighted by molar-refractivity contribution is -0.384. The van der Waals surface area contributed by atoms with Crippen LogP contribution in [0.3, 0.4) is 0 Å². The third-order valence-corrected chi connectivity index (χ3v) is 3.09. The zero-order chi connectivity index (χ0) is 13.4. The molecule has 1 rings (SSSR count). The molecule has 18 heavy (non-hydrogen) atoms. The van der Waals surface area contributed by atoms with Crippen LogP contribution in [0.4, 0.5) is 5.69 Å². The van der Waals surface area contributed by atoms with Crippen LogP contribution in [0.2, 0.25) is 0 Å². The van der Waals surface area contributed by atoms with Gasteiger partial charge in [0.1, 0.15) is 0 Å². The molecule has 0 aliphatic heterocycles. The van der Waals surface area contributed by atoms with Crippen molar-refractivity contribution in [2.45, 2.75) is 11.3 Å². The largest absolute Gasteiger partial charge is 0.396 e. The van der Waals surface area contributed by atoms with Gasteiger partial charge in [-0.25, -0.2) is 0 Å². The molecule has 0 aliphatic rings. The van der Waals surface area contributed by atoms with Crippen LogP contribution in [0.1, 0.15) is 6.42 Å². The number of nitrogens with zero attached hydrogens (tertiary/aromatic N) is 1. The van der Waals surface area contributed by atoms with E-state index in [-0.39, 0.29) is 24.0 Å². The van der Waals surface area contributed by atoms with Gasteiger partial charge < -0.3 is 10.4 Å². The molecule has 1 aromatic carbocycles. The van der Waals surface area contributed by atoms with E-state index in [1.54, 1.807) is 12.1 Å². The molecule has 0 saturated heterocycles. The third kappa shape index (κ3) is 5.15. The Balaban J connectivity index is 2.34. The molecule has 0 heterocycles. The number of nitro groups is 1. The summed E-state index contributed by atoms with van der Waals surface area (Å²) in [6.45, 7) is 0.506. The third-order valence-electron chi connectivity index (χ3n) is 2.07. The lowest BCUT2D eigenvalue weighted by Crippen LogP contribution is -2.26. The highest BCUT2D eigenvalue weighted by molar-refractivity contribution is 8.00. The van der Waals surface area contributed by atoms with Gasteiger partial charge in [0.15, 0.2) is 0 Å². The predicted octanol–water partition coefficient (Wildman–Crippen LogP) is 1.19. The van der Waals surface area contributed by atoms with Crippen molar-refractivity contribution in [1.82, 2.24) is 5.32 Å². The van der Waals surface area contributed by atoms with E-state index in [2.05, 4.69) is 5.32 Å². The van der Waals surface area contributed by atoms with Gasteiger partial charge in [0.05, 0.1) is 10.7 Å². The first-order chi connectivity index (χ1) is 8.63. The number of aliphatic hydroxyl groups is 1. The van der Waals surface area contributed by atoms with Crippen molar-refractivity contribution in [3.8, 4) is 0 Å². The van der Waals surface area contributed by atoms with Crippen molar-refractivity contribution in [2.24, 2.45) is 0 Å². The Morgan fingerprint density at radius 1 is 1.39 bits per heavy atom. The minimum atomic E-state index is -0.462. The molecule has 2 N–H and O–H groups in total. The van der Waals surface area contributed by atoms with E-state index in [1.165, 1.54) is 23.9 Å². The number of nitro benzene ring substituents is 1. The van der Waals surface area contributed by atoms with Crippen molar-refractivity contribution in [3.63, 3.8) is 0 Å². The van der Waals surface area contributed by atoms with Gasteiger partial charge in [0.2, 0.25) is 5.91 Å². The first kappa shape index (κ1) is 14.5. The average molecular weight is 270 g/mol. The highest BCUT2D eigenvalue weighted by Crippen LogP contribution is 2.20. The number of hydrogen-bond donors (Lipinski definition) is 2. The van der Waals surface area contributed by atoms with Gasteiger partial charge in [-0.05, 0) is 18.6 Å². The lowest BCUT2D eigenvalue weighted by atomic mass is 10.3. The van der Waals surface area contributed by atoms with E-state index in [0.29, 0.717) is 13.0 Å². The molecule has 0 atom stereocenters. The highest BCUT2D eigenvalue weighted by atomic mass is 32.2. The average Bonchev–Trinajstić information content (AvgIpc) is 2.37. The van der Waals surface area contributed by atoms with Crippen LogP contribution < -0.4 is 5.32 Å². The summed E-state index contributed by atoms with van der Waals surface area (Å²) in [4.78, 5) is 22.1. The maximum absolute atomic E-state index is 11.3. The lowest BCUT2D eigenvalue weighted by Gasteiger charge is -2.03. The Morgan fingerprint density at radius 3 is 2.61 bits per heavy atom. The predicted molar refractivity (Wildman–Crippen MR) is 68.5 cm³/mol. The van der Waals surface area contributed by atoms with E-state index in [0.717, 1.165) is 4.90 Å². The van der Waals surface area contributed by atoms with E-state index >= 15 is 0 Å². The van der Waals surface area contributed by atoms with E-state index in [1.807, 2.05) is 0 Å². The van der Waals surface area contributed by atoms with Gasteiger partial charge in [-0.3, -0.25) is 14.9 Å². The van der Waals surface area contributed by atoms with Crippen LogP contribution in [-0.2, 0) is 4.79 Å². The van der Waals surface area contributed by atoms with E-state index in [9.17, 15) is 14.9 Å². The molecule has 0 bridgehead atoms. The number of aliphatic hydroxyl groups excluding tert-OH is 1. The number of carbonyl (C=O) groups is 1. The van der Waals surface area contributed by atoms with Crippen LogP contribution >= 0.6 is 11.8 Å². The zero-order valence-corrected chi connectivity index (χ0v) is 10.5. The number of carbonyl (C=O) groups excluding carboxylic acids is 1. The number of amides is 1. The number of thioether (sulfide) groups is 1. The molecule has 6 nitrogen and oxygen atoms in total. The Hall–Kier alpha value is -1.60. The summed E-state index contributed by atoms with van der Waals surface area (Å²) in [5.41, 5.74) is 0.0340. The topological polar surface area (TPSA) is 92.5 Å². The summed E-state index contributed by atoms with van der Waals surface area (Å²) in [6, 6.07) is 6.05. The van der Waals surface area contributed by atoms with Crippen molar-refractivity contribution < 1.29 is 14.8 Å². The fourth-order valence-electron chi connectivity index (χ4n) is 1.17. The molecule has 0 saturated carbocycles. The molecule has 98 valence electrons. The molecule has 7 heteroatoms. The van der Waals surface area contributed by atoms with Gasteiger partial charge in [-0.1, -0.05) is 0 Å². The summed E-state index contributed by atoms with van der Waals surface area (Å²) >= 11 is 1.31. The normalized spacial score (nSPS) is 10.1. The standard InChI is InChI=1S/C11H14N2O4S/c14-7-1-6-12-11(15)8-18-10-4-2-9(3-5-10)13(16)17/h2-5,14H,1,6-8H2,(H,12,15). The van der Waals surface area contributed by atoms with Crippen LogP contribution in [0.25, 0.3) is 0 Å². The molecular weight excluding hydrogens is 256 g/mol. The van der Waals surface area contributed by atoms with Gasteiger partial charge in [0.25, 0.3) is 5.69 Å². The van der Waals surface area contributed by atoms with Gasteiger partial charge in [-0.2, -0.15) is 0 Å². The van der Waals surface area contributed by atoms with Crippen LogP contribution in [0.15, 0.2) is 29.2 Å². The number of non-ortho nitro benzene ring substituents is 1. The first-order valence-corrected chi connectivity index (χ1v) is 6.37. The maximum atomic E-state index is 11.3. The van der Waals surface area contributed by atoms with Crippen molar-refractivity contribution in [1.29, 1.82) is 0 Å². The van der Waals surface area contributed by atoms with E-state index < -0.39 is 4.92 Å². The zero-order valence-electron chi connectivity index (χ0n) is 9.67. The van der Waals surface area contributed by atoms with Crippen LogP contribution in [0.5, 0.6) is 0 Å². The fourth-order valence-corrected chi connectivity index (χ4v) is 1.90. The summed E-state index contributed by atoms with van der Waals surface area (Å²) in [5, 5.41) is 21.6. The summed E-state index contributed by atoms with van der Waals surface area (Å²) in [6.07, 6.45) is 0.536. The van der Waals surface area contributed by atoms with Crippen molar-refractivity contribution in [2.75, 3.05) is 18.9 Å². The number of nitrogens with one attached hydrogen (secondary N) is 1. The van der Waals surface area contributed by atoms with Gasteiger partial charge >= 0.3 is 0 Å². The molecule has 0 aromatic heterocycles. The van der Waals surface area contributed by atoms with Gasteiger partial charge in [0, 0.05) is 30.2 Å². The summed E-state index contributed by atoms with van der Waals surface area (Å²) in [5.74, 6) is 0.135. The molecule has 1 amide bonds. The smallest absolute Gasteiger partial charge is 0.269 e. The van der Waals surface area contributed by atoms with E-state index in [4.69, 9.17) is 5.11 Å². The van der Waals surface area contributed by atoms with Crippen molar-refractivity contribution in [3.05, 3.63) is 34.4 Å². The molecular formula is C11H14N2O4S. The Kier molecular flexibility index (Phi) is 6.16. The summed E-state index contributed by atoms with van der Waals surface area (Å²) in [7, 11) is 0.